The fourth-order valence-electron chi connectivity index (χ4n) is 7.42. The SMILES string of the molecule is CN(Cc1cccs1)C(=O)CC12CC3CC(C1)CC(CC(=O)N(C)Cc1cccs1)(C3)C2. The molecule has 2 aromatic rings. The minimum absolute atomic E-state index is 0.109. The van der Waals surface area contributed by atoms with Crippen LogP contribution in [0.4, 0.5) is 0 Å². The van der Waals surface area contributed by atoms with Gasteiger partial charge in [-0.25, -0.2) is 0 Å². The Labute approximate surface area is 199 Å². The van der Waals surface area contributed by atoms with Crippen LogP contribution in [-0.4, -0.2) is 35.7 Å². The third kappa shape index (κ3) is 4.54. The summed E-state index contributed by atoms with van der Waals surface area (Å²) in [5.74, 6) is 1.94. The predicted octanol–water partition coefficient (Wildman–Crippen LogP) is 5.79. The van der Waals surface area contributed by atoms with Crippen LogP contribution in [0.2, 0.25) is 0 Å². The molecule has 0 atom stereocenters. The lowest BCUT2D eigenvalue weighted by molar-refractivity contribution is -0.154. The van der Waals surface area contributed by atoms with E-state index in [0.29, 0.717) is 37.8 Å². The average molecular weight is 471 g/mol. The van der Waals surface area contributed by atoms with Crippen molar-refractivity contribution in [1.29, 1.82) is 0 Å². The van der Waals surface area contributed by atoms with Gasteiger partial charge in [0.05, 0.1) is 13.1 Å². The summed E-state index contributed by atoms with van der Waals surface area (Å²) in [5, 5.41) is 4.14. The standard InChI is InChI=1S/C26H34N2O2S2/c1-27(16-21-5-3-7-31-21)23(29)14-25-10-19-9-20(11-25)13-26(12-19,18-25)15-24(30)28(2)17-22-6-4-8-32-22/h3-8,19-20H,9-18H2,1-2H3. The van der Waals surface area contributed by atoms with Crippen LogP contribution in [0.25, 0.3) is 0 Å². The number of amides is 2. The Morgan fingerprint density at radius 2 is 1.28 bits per heavy atom. The van der Waals surface area contributed by atoms with Crippen LogP contribution in [0, 0.1) is 22.7 Å². The van der Waals surface area contributed by atoms with Crippen molar-refractivity contribution in [1.82, 2.24) is 9.80 Å². The summed E-state index contributed by atoms with van der Waals surface area (Å²) >= 11 is 3.43. The van der Waals surface area contributed by atoms with Crippen molar-refractivity contribution in [2.75, 3.05) is 14.1 Å². The number of hydrogen-bond donors (Lipinski definition) is 0. The molecule has 0 aliphatic heterocycles. The molecule has 4 aliphatic rings. The molecular formula is C26H34N2O2S2. The summed E-state index contributed by atoms with van der Waals surface area (Å²) in [7, 11) is 3.89. The van der Waals surface area contributed by atoms with E-state index in [1.165, 1.54) is 41.9 Å². The van der Waals surface area contributed by atoms with Gasteiger partial charge in [0.2, 0.25) is 11.8 Å². The molecule has 0 unspecified atom stereocenters. The molecule has 2 heterocycles. The van der Waals surface area contributed by atoms with Crippen LogP contribution >= 0.6 is 22.7 Å². The molecule has 0 aromatic carbocycles. The monoisotopic (exact) mass is 470 g/mol. The van der Waals surface area contributed by atoms with E-state index in [0.717, 1.165) is 6.42 Å². The van der Waals surface area contributed by atoms with Gasteiger partial charge in [-0.15, -0.1) is 22.7 Å². The molecule has 0 spiro atoms. The zero-order valence-corrected chi connectivity index (χ0v) is 20.9. The molecule has 4 nitrogen and oxygen atoms in total. The molecule has 0 N–H and O–H groups in total. The smallest absolute Gasteiger partial charge is 0.223 e. The zero-order valence-electron chi connectivity index (χ0n) is 19.2. The highest BCUT2D eigenvalue weighted by molar-refractivity contribution is 7.10. The van der Waals surface area contributed by atoms with E-state index in [1.54, 1.807) is 22.7 Å². The lowest BCUT2D eigenvalue weighted by Gasteiger charge is -2.62. The maximum Gasteiger partial charge on any atom is 0.223 e. The zero-order chi connectivity index (χ0) is 22.3. The highest BCUT2D eigenvalue weighted by Gasteiger charge is 2.58. The van der Waals surface area contributed by atoms with Crippen molar-refractivity contribution >= 4 is 34.5 Å². The van der Waals surface area contributed by atoms with Gasteiger partial charge in [0.1, 0.15) is 0 Å². The van der Waals surface area contributed by atoms with Crippen LogP contribution < -0.4 is 0 Å². The Hall–Kier alpha value is -1.66. The summed E-state index contributed by atoms with van der Waals surface area (Å²) < 4.78 is 0. The molecule has 32 heavy (non-hydrogen) atoms. The van der Waals surface area contributed by atoms with Gasteiger partial charge in [-0.2, -0.15) is 0 Å². The van der Waals surface area contributed by atoms with E-state index >= 15 is 0 Å². The second-order valence-electron chi connectivity index (χ2n) is 11.0. The molecule has 2 aromatic heterocycles. The summed E-state index contributed by atoms with van der Waals surface area (Å²) in [6.07, 6.45) is 8.41. The number of carbonyl (C=O) groups excluding carboxylic acids is 2. The topological polar surface area (TPSA) is 40.6 Å². The normalized spacial score (nSPS) is 30.4. The van der Waals surface area contributed by atoms with Gasteiger partial charge in [-0.05, 0) is 84.1 Å². The lowest BCUT2D eigenvalue weighted by atomic mass is 9.43. The van der Waals surface area contributed by atoms with Gasteiger partial charge in [-0.1, -0.05) is 12.1 Å². The molecule has 4 aliphatic carbocycles. The Balaban J connectivity index is 1.26. The highest BCUT2D eigenvalue weighted by atomic mass is 32.1. The van der Waals surface area contributed by atoms with E-state index < -0.39 is 0 Å². The van der Waals surface area contributed by atoms with Crippen molar-refractivity contribution in [3.8, 4) is 0 Å². The van der Waals surface area contributed by atoms with E-state index in [2.05, 4.69) is 22.9 Å². The molecule has 6 heteroatoms. The van der Waals surface area contributed by atoms with E-state index in [9.17, 15) is 9.59 Å². The second kappa shape index (κ2) is 8.60. The molecule has 2 amide bonds. The summed E-state index contributed by atoms with van der Waals surface area (Å²) in [6.45, 7) is 1.41. The first-order valence-electron chi connectivity index (χ1n) is 11.9. The molecule has 0 radical (unpaired) electrons. The van der Waals surface area contributed by atoms with Crippen molar-refractivity contribution < 1.29 is 9.59 Å². The van der Waals surface area contributed by atoms with Gasteiger partial charge in [0.15, 0.2) is 0 Å². The van der Waals surface area contributed by atoms with Gasteiger partial charge < -0.3 is 9.80 Å². The van der Waals surface area contributed by atoms with Gasteiger partial charge in [0.25, 0.3) is 0 Å². The number of hydrogen-bond acceptors (Lipinski definition) is 4. The van der Waals surface area contributed by atoms with Gasteiger partial charge in [-0.3, -0.25) is 9.59 Å². The third-order valence-electron chi connectivity index (χ3n) is 8.15. The number of thiophene rings is 2. The first-order chi connectivity index (χ1) is 15.3. The summed E-state index contributed by atoms with van der Waals surface area (Å²) in [6, 6.07) is 8.31. The maximum atomic E-state index is 13.2. The molecule has 172 valence electrons. The van der Waals surface area contributed by atoms with Crippen molar-refractivity contribution in [3.05, 3.63) is 44.8 Å². The Morgan fingerprint density at radius 3 is 1.66 bits per heavy atom. The van der Waals surface area contributed by atoms with E-state index in [1.807, 2.05) is 36.0 Å². The molecule has 4 bridgehead atoms. The number of nitrogens with zero attached hydrogens (tertiary/aromatic N) is 2. The van der Waals surface area contributed by atoms with E-state index in [4.69, 9.17) is 0 Å². The largest absolute Gasteiger partial charge is 0.341 e. The number of rotatable bonds is 8. The highest BCUT2D eigenvalue weighted by Crippen LogP contribution is 2.67. The minimum atomic E-state index is 0.109. The fraction of sp³-hybridized carbons (Fsp3) is 0.615. The predicted molar refractivity (Wildman–Crippen MR) is 130 cm³/mol. The van der Waals surface area contributed by atoms with Crippen LogP contribution in [0.3, 0.4) is 0 Å². The Morgan fingerprint density at radius 1 is 0.844 bits per heavy atom. The third-order valence-corrected chi connectivity index (χ3v) is 9.88. The average Bonchev–Trinajstić information content (AvgIpc) is 3.40. The van der Waals surface area contributed by atoms with Gasteiger partial charge >= 0.3 is 0 Å². The molecule has 4 saturated carbocycles. The molecule has 0 saturated heterocycles. The van der Waals surface area contributed by atoms with Gasteiger partial charge in [0, 0.05) is 36.7 Å². The first-order valence-corrected chi connectivity index (χ1v) is 13.6. The first kappa shape index (κ1) is 22.1. The minimum Gasteiger partial charge on any atom is -0.341 e. The Kier molecular flexibility index (Phi) is 5.95. The lowest BCUT2D eigenvalue weighted by Crippen LogP contribution is -2.54. The summed E-state index contributed by atoms with van der Waals surface area (Å²) in [5.41, 5.74) is 0.217. The van der Waals surface area contributed by atoms with E-state index in [-0.39, 0.29) is 22.6 Å². The molecule has 6 rings (SSSR count). The molecular weight excluding hydrogens is 436 g/mol. The second-order valence-corrected chi connectivity index (χ2v) is 13.0. The fourth-order valence-corrected chi connectivity index (χ4v) is 8.94. The summed E-state index contributed by atoms with van der Waals surface area (Å²) in [4.78, 5) is 32.7. The van der Waals surface area contributed by atoms with Crippen LogP contribution in [0.15, 0.2) is 35.0 Å². The number of carbonyl (C=O) groups is 2. The van der Waals surface area contributed by atoms with Crippen molar-refractivity contribution in [3.63, 3.8) is 0 Å². The maximum absolute atomic E-state index is 13.2. The Bertz CT molecular complexity index is 864. The van der Waals surface area contributed by atoms with Crippen molar-refractivity contribution in [2.45, 2.75) is 64.5 Å². The van der Waals surface area contributed by atoms with Crippen LogP contribution in [-0.2, 0) is 22.7 Å². The van der Waals surface area contributed by atoms with Crippen molar-refractivity contribution in [2.24, 2.45) is 22.7 Å². The van der Waals surface area contributed by atoms with Crippen LogP contribution in [0.5, 0.6) is 0 Å². The van der Waals surface area contributed by atoms with Crippen LogP contribution in [0.1, 0.15) is 61.1 Å². The molecule has 4 fully saturated rings. The quantitative estimate of drug-likeness (QED) is 0.490.